The van der Waals surface area contributed by atoms with Gasteiger partial charge in [-0.25, -0.2) is 9.98 Å². The van der Waals surface area contributed by atoms with Crippen LogP contribution in [0.3, 0.4) is 0 Å². The van der Waals surface area contributed by atoms with E-state index < -0.39 is 0 Å². The van der Waals surface area contributed by atoms with Gasteiger partial charge in [-0.2, -0.15) is 0 Å². The summed E-state index contributed by atoms with van der Waals surface area (Å²) in [6.07, 6.45) is 13.7. The van der Waals surface area contributed by atoms with Gasteiger partial charge in [0.15, 0.2) is 0 Å². The molecule has 1 aliphatic rings. The van der Waals surface area contributed by atoms with E-state index in [0.717, 1.165) is 16.7 Å². The Balaban J connectivity index is 1.69. The van der Waals surface area contributed by atoms with Crippen molar-refractivity contribution >= 4 is 24.5 Å². The smallest absolute Gasteiger partial charge is 0.241 e. The van der Waals surface area contributed by atoms with Crippen molar-refractivity contribution in [2.75, 3.05) is 0 Å². The van der Waals surface area contributed by atoms with Gasteiger partial charge in [0.1, 0.15) is 0 Å². The Morgan fingerprint density at radius 2 is 1.52 bits per heavy atom. The first kappa shape index (κ1) is 16.5. The molecule has 1 atom stereocenters. The van der Waals surface area contributed by atoms with Crippen LogP contribution in [0.2, 0.25) is 0 Å². The molecule has 0 fully saturated rings. The van der Waals surface area contributed by atoms with Crippen LogP contribution in [0.25, 0.3) is 6.08 Å². The van der Waals surface area contributed by atoms with Crippen LogP contribution in [-0.2, 0) is 0 Å². The summed E-state index contributed by atoms with van der Waals surface area (Å²) >= 11 is 0. The lowest BCUT2D eigenvalue weighted by molar-refractivity contribution is 1.09. The number of nitrogens with one attached hydrogen (secondary N) is 1. The van der Waals surface area contributed by atoms with Gasteiger partial charge >= 0.3 is 0 Å². The maximum absolute atomic E-state index is 7.89. The fourth-order valence-corrected chi connectivity index (χ4v) is 2.45. The molecule has 0 amide bonds. The minimum absolute atomic E-state index is 0.00846. The van der Waals surface area contributed by atoms with Crippen molar-refractivity contribution < 1.29 is 0 Å². The van der Waals surface area contributed by atoms with Crippen molar-refractivity contribution in [3.8, 4) is 0 Å². The molecule has 3 rings (SSSR count). The Labute approximate surface area is 148 Å². The largest absolute Gasteiger partial charge is 0.266 e. The minimum atomic E-state index is -0.00846. The summed E-state index contributed by atoms with van der Waals surface area (Å²) in [7, 11) is 0. The Kier molecular flexibility index (Phi) is 5.62. The lowest BCUT2D eigenvalue weighted by Crippen LogP contribution is -2.05. The standard InChI is InChI=1S/C22H19N3/c23-22(24-16-19-11-5-2-6-12-19)25-17-21-14-8-7-13-20(21)15-18-9-3-1-4-10-18/h1-17,21,23H. The predicted molar refractivity (Wildman–Crippen MR) is 106 cm³/mol. The average Bonchev–Trinajstić information content (AvgIpc) is 2.67. The molecule has 0 spiro atoms. The monoisotopic (exact) mass is 325 g/mol. The minimum Gasteiger partial charge on any atom is -0.266 e. The molecular weight excluding hydrogens is 306 g/mol. The number of nitrogens with zero attached hydrogens (tertiary/aromatic N) is 2. The highest BCUT2D eigenvalue weighted by molar-refractivity contribution is 5.96. The first-order valence-electron chi connectivity index (χ1n) is 8.15. The summed E-state index contributed by atoms with van der Waals surface area (Å²) in [6.45, 7) is 0. The van der Waals surface area contributed by atoms with Gasteiger partial charge in [-0.3, -0.25) is 5.41 Å². The third-order valence-corrected chi connectivity index (χ3v) is 3.73. The van der Waals surface area contributed by atoms with Crippen LogP contribution in [0.15, 0.2) is 101 Å². The van der Waals surface area contributed by atoms with Gasteiger partial charge < -0.3 is 0 Å². The molecule has 2 aromatic carbocycles. The number of hydrogen-bond donors (Lipinski definition) is 1. The van der Waals surface area contributed by atoms with Gasteiger partial charge in [0.05, 0.1) is 0 Å². The molecule has 122 valence electrons. The number of guanidine groups is 1. The molecule has 0 aromatic heterocycles. The van der Waals surface area contributed by atoms with Crippen LogP contribution >= 0.6 is 0 Å². The van der Waals surface area contributed by atoms with Gasteiger partial charge in [-0.1, -0.05) is 91.0 Å². The molecule has 3 nitrogen and oxygen atoms in total. The van der Waals surface area contributed by atoms with E-state index in [-0.39, 0.29) is 11.9 Å². The van der Waals surface area contributed by atoms with E-state index >= 15 is 0 Å². The van der Waals surface area contributed by atoms with Crippen LogP contribution in [0.4, 0.5) is 0 Å². The molecule has 0 heterocycles. The topological polar surface area (TPSA) is 48.6 Å². The lowest BCUT2D eigenvalue weighted by Gasteiger charge is -2.12. The quantitative estimate of drug-likeness (QED) is 0.614. The highest BCUT2D eigenvalue weighted by Gasteiger charge is 2.09. The van der Waals surface area contributed by atoms with Gasteiger partial charge in [0, 0.05) is 18.3 Å². The highest BCUT2D eigenvalue weighted by atomic mass is 15.0. The summed E-state index contributed by atoms with van der Waals surface area (Å²) in [5.74, 6) is 0.0309. The number of benzene rings is 2. The van der Waals surface area contributed by atoms with E-state index in [0.29, 0.717) is 0 Å². The fraction of sp³-hybridized carbons (Fsp3) is 0.0455. The second kappa shape index (κ2) is 8.50. The Hall–Kier alpha value is -3.33. The van der Waals surface area contributed by atoms with Gasteiger partial charge in [-0.15, -0.1) is 0 Å². The summed E-state index contributed by atoms with van der Waals surface area (Å²) in [5, 5.41) is 7.89. The molecule has 2 aromatic rings. The molecule has 1 N–H and O–H groups in total. The average molecular weight is 325 g/mol. The second-order valence-corrected chi connectivity index (χ2v) is 5.60. The second-order valence-electron chi connectivity index (χ2n) is 5.60. The van der Waals surface area contributed by atoms with E-state index in [1.54, 1.807) is 12.4 Å². The molecule has 1 aliphatic carbocycles. The Bertz CT molecular complexity index is 857. The van der Waals surface area contributed by atoms with E-state index in [1.807, 2.05) is 60.7 Å². The van der Waals surface area contributed by atoms with Crippen LogP contribution in [0.1, 0.15) is 11.1 Å². The van der Waals surface area contributed by atoms with Crippen molar-refractivity contribution in [1.82, 2.24) is 0 Å². The predicted octanol–water partition coefficient (Wildman–Crippen LogP) is 4.94. The number of hydrogen-bond acceptors (Lipinski definition) is 1. The van der Waals surface area contributed by atoms with Crippen LogP contribution < -0.4 is 0 Å². The maximum atomic E-state index is 7.89. The fourth-order valence-electron chi connectivity index (χ4n) is 2.45. The molecule has 3 heteroatoms. The first-order chi connectivity index (χ1) is 12.3. The number of allylic oxidation sites excluding steroid dienone is 5. The van der Waals surface area contributed by atoms with E-state index in [4.69, 9.17) is 5.41 Å². The van der Waals surface area contributed by atoms with Crippen molar-refractivity contribution in [2.45, 2.75) is 0 Å². The number of aliphatic imine (C=N–C) groups is 2. The normalized spacial score (nSPS) is 18.4. The summed E-state index contributed by atoms with van der Waals surface area (Å²) in [6, 6.07) is 19.9. The molecule has 0 saturated heterocycles. The van der Waals surface area contributed by atoms with Gasteiger partial charge in [-0.05, 0) is 16.7 Å². The van der Waals surface area contributed by atoms with Gasteiger partial charge in [0.25, 0.3) is 0 Å². The molecule has 0 aliphatic heterocycles. The summed E-state index contributed by atoms with van der Waals surface area (Å²) in [5.41, 5.74) is 3.23. The van der Waals surface area contributed by atoms with Crippen molar-refractivity contribution in [1.29, 1.82) is 5.41 Å². The maximum Gasteiger partial charge on any atom is 0.241 e. The summed E-state index contributed by atoms with van der Waals surface area (Å²) < 4.78 is 0. The molecule has 0 radical (unpaired) electrons. The van der Waals surface area contributed by atoms with Gasteiger partial charge in [0.2, 0.25) is 5.96 Å². The number of rotatable bonds is 3. The van der Waals surface area contributed by atoms with E-state index in [2.05, 4.69) is 40.3 Å². The Morgan fingerprint density at radius 1 is 0.840 bits per heavy atom. The zero-order valence-corrected chi connectivity index (χ0v) is 13.8. The summed E-state index contributed by atoms with van der Waals surface area (Å²) in [4.78, 5) is 8.28. The van der Waals surface area contributed by atoms with Crippen molar-refractivity contribution in [3.63, 3.8) is 0 Å². The van der Waals surface area contributed by atoms with E-state index in [9.17, 15) is 0 Å². The third-order valence-electron chi connectivity index (χ3n) is 3.73. The molecule has 0 saturated carbocycles. The zero-order valence-electron chi connectivity index (χ0n) is 13.8. The van der Waals surface area contributed by atoms with Crippen LogP contribution in [-0.4, -0.2) is 18.4 Å². The van der Waals surface area contributed by atoms with E-state index in [1.165, 1.54) is 0 Å². The third kappa shape index (κ3) is 5.08. The molecule has 25 heavy (non-hydrogen) atoms. The van der Waals surface area contributed by atoms with Crippen molar-refractivity contribution in [2.24, 2.45) is 15.9 Å². The Morgan fingerprint density at radius 3 is 2.24 bits per heavy atom. The molecular formula is C22H19N3. The van der Waals surface area contributed by atoms with Crippen LogP contribution in [0.5, 0.6) is 0 Å². The highest BCUT2D eigenvalue weighted by Crippen LogP contribution is 2.20. The molecule has 0 bridgehead atoms. The van der Waals surface area contributed by atoms with Crippen molar-refractivity contribution in [3.05, 3.63) is 102 Å². The lowest BCUT2D eigenvalue weighted by atomic mass is 9.94. The zero-order chi connectivity index (χ0) is 17.3. The molecule has 1 unspecified atom stereocenters. The SMILES string of the molecule is N=C(N=Cc1ccccc1)N=CC1C=CC=CC1=Cc1ccccc1. The van der Waals surface area contributed by atoms with Crippen LogP contribution in [0, 0.1) is 11.3 Å². The first-order valence-corrected chi connectivity index (χ1v) is 8.15.